The zero-order chi connectivity index (χ0) is 10.2. The first-order valence-corrected chi connectivity index (χ1v) is 6.57. The molecule has 13 heavy (non-hydrogen) atoms. The van der Waals surface area contributed by atoms with Crippen molar-refractivity contribution in [1.29, 1.82) is 0 Å². The number of hydrogen-bond acceptors (Lipinski definition) is 3. The minimum Gasteiger partial charge on any atom is -0.227 e. The molecule has 72 valence electrons. The van der Waals surface area contributed by atoms with Gasteiger partial charge in [0, 0.05) is 10.7 Å². The highest BCUT2D eigenvalue weighted by atomic mass is 79.9. The van der Waals surface area contributed by atoms with Crippen LogP contribution in [0.2, 0.25) is 5.15 Å². The smallest absolute Gasteiger partial charge is 0.227 e. The second-order valence-electron chi connectivity index (χ2n) is 2.32. The van der Waals surface area contributed by atoms with Gasteiger partial charge in [0.15, 0.2) is 0 Å². The van der Waals surface area contributed by atoms with E-state index in [0.29, 0.717) is 10.2 Å². The number of hydrogen-bond donors (Lipinski definition) is 0. The van der Waals surface area contributed by atoms with E-state index in [4.69, 9.17) is 22.3 Å². The molecule has 0 fully saturated rings. The molecule has 0 spiro atoms. The lowest BCUT2D eigenvalue weighted by molar-refractivity contribution is 0.609. The molecule has 0 amide bonds. The topological polar surface area (TPSA) is 47.0 Å². The van der Waals surface area contributed by atoms with Gasteiger partial charge in [-0.3, -0.25) is 0 Å². The van der Waals surface area contributed by atoms with E-state index in [9.17, 15) is 8.42 Å². The minimum atomic E-state index is -3.82. The average molecular weight is 305 g/mol. The van der Waals surface area contributed by atoms with Crippen molar-refractivity contribution in [3.8, 4) is 0 Å². The van der Waals surface area contributed by atoms with Crippen molar-refractivity contribution in [2.75, 3.05) is 0 Å². The summed E-state index contributed by atoms with van der Waals surface area (Å²) in [6, 6.07) is 1.36. The highest BCUT2D eigenvalue weighted by Gasteiger charge is 2.17. The van der Waals surface area contributed by atoms with Crippen LogP contribution < -0.4 is 0 Å². The highest BCUT2D eigenvalue weighted by molar-refractivity contribution is 9.10. The maximum atomic E-state index is 10.9. The van der Waals surface area contributed by atoms with Crippen molar-refractivity contribution in [2.24, 2.45) is 0 Å². The van der Waals surface area contributed by atoms with E-state index in [2.05, 4.69) is 20.9 Å². The summed E-state index contributed by atoms with van der Waals surface area (Å²) in [6.45, 7) is 1.69. The van der Waals surface area contributed by atoms with E-state index in [0.717, 1.165) is 0 Å². The van der Waals surface area contributed by atoms with E-state index in [1.165, 1.54) is 6.07 Å². The summed E-state index contributed by atoms with van der Waals surface area (Å²) in [5.41, 5.74) is 0.656. The van der Waals surface area contributed by atoms with Gasteiger partial charge in [-0.15, -0.1) is 0 Å². The number of rotatable bonds is 1. The van der Waals surface area contributed by atoms with Crippen LogP contribution in [0.3, 0.4) is 0 Å². The minimum absolute atomic E-state index is 0.132. The van der Waals surface area contributed by atoms with Crippen LogP contribution in [-0.2, 0) is 9.05 Å². The molecule has 0 radical (unpaired) electrons. The molecule has 7 heteroatoms. The summed E-state index contributed by atoms with van der Waals surface area (Å²) in [4.78, 5) is 3.59. The molecule has 0 saturated carbocycles. The summed E-state index contributed by atoms with van der Waals surface area (Å²) in [5, 5.41) is -0.132. The predicted molar refractivity (Wildman–Crippen MR) is 54.7 cm³/mol. The van der Waals surface area contributed by atoms with Gasteiger partial charge in [-0.25, -0.2) is 13.4 Å². The first-order chi connectivity index (χ1) is 5.82. The molecule has 1 heterocycles. The van der Waals surface area contributed by atoms with E-state index in [1.54, 1.807) is 6.92 Å². The van der Waals surface area contributed by atoms with Gasteiger partial charge in [0.1, 0.15) is 14.7 Å². The Hall–Kier alpha value is 0.160. The van der Waals surface area contributed by atoms with Gasteiger partial charge in [0.2, 0.25) is 0 Å². The maximum absolute atomic E-state index is 10.9. The van der Waals surface area contributed by atoms with Crippen molar-refractivity contribution in [2.45, 2.75) is 11.8 Å². The zero-order valence-corrected chi connectivity index (χ0v) is 10.3. The number of aromatic nitrogens is 1. The van der Waals surface area contributed by atoms with Gasteiger partial charge >= 0.3 is 0 Å². The molecule has 0 unspecified atom stereocenters. The molecule has 1 rings (SSSR count). The summed E-state index contributed by atoms with van der Waals surface area (Å²) in [7, 11) is 1.30. The lowest BCUT2D eigenvalue weighted by Crippen LogP contribution is -1.96. The number of halogens is 3. The SMILES string of the molecule is Cc1cc(S(=O)(=O)Cl)c(Cl)nc1Br. The van der Waals surface area contributed by atoms with Crippen LogP contribution in [0.4, 0.5) is 0 Å². The molecular formula is C6H4BrCl2NO2S. The lowest BCUT2D eigenvalue weighted by Gasteiger charge is -2.02. The van der Waals surface area contributed by atoms with Crippen molar-refractivity contribution < 1.29 is 8.42 Å². The summed E-state index contributed by atoms with van der Waals surface area (Å²) in [5.74, 6) is 0. The molecule has 0 N–H and O–H groups in total. The average Bonchev–Trinajstić information content (AvgIpc) is 1.94. The first-order valence-electron chi connectivity index (χ1n) is 3.09. The second-order valence-corrected chi connectivity index (χ2v) is 5.97. The standard InChI is InChI=1S/C6H4BrCl2NO2S/c1-3-2-4(13(9,11)12)6(8)10-5(3)7/h2H,1H3. The van der Waals surface area contributed by atoms with Crippen LogP contribution in [0, 0.1) is 6.92 Å². The van der Waals surface area contributed by atoms with Gasteiger partial charge < -0.3 is 0 Å². The Morgan fingerprint density at radius 3 is 2.54 bits per heavy atom. The molecule has 0 atom stereocenters. The number of nitrogens with zero attached hydrogens (tertiary/aromatic N) is 1. The van der Waals surface area contributed by atoms with Crippen molar-refractivity contribution >= 4 is 47.3 Å². The fourth-order valence-corrected chi connectivity index (χ4v) is 2.59. The van der Waals surface area contributed by atoms with Gasteiger partial charge in [-0.1, -0.05) is 11.6 Å². The third kappa shape index (κ3) is 2.56. The molecule has 1 aromatic heterocycles. The molecule has 0 aliphatic heterocycles. The summed E-state index contributed by atoms with van der Waals surface area (Å²) >= 11 is 8.69. The second kappa shape index (κ2) is 3.73. The van der Waals surface area contributed by atoms with Crippen molar-refractivity contribution in [1.82, 2.24) is 4.98 Å². The number of pyridine rings is 1. The Balaban J connectivity index is 3.50. The Morgan fingerprint density at radius 2 is 2.08 bits per heavy atom. The number of aryl methyl sites for hydroxylation is 1. The third-order valence-electron chi connectivity index (χ3n) is 1.34. The fraction of sp³-hybridized carbons (Fsp3) is 0.167. The molecule has 0 aliphatic rings. The molecular weight excluding hydrogens is 301 g/mol. The molecule has 1 aromatic rings. The largest absolute Gasteiger partial charge is 0.264 e. The summed E-state index contributed by atoms with van der Waals surface area (Å²) in [6.07, 6.45) is 0. The Kier molecular flexibility index (Phi) is 3.22. The van der Waals surface area contributed by atoms with Crippen LogP contribution in [0.1, 0.15) is 5.56 Å². The Bertz CT molecular complexity index is 446. The van der Waals surface area contributed by atoms with E-state index in [-0.39, 0.29) is 10.0 Å². The van der Waals surface area contributed by atoms with Gasteiger partial charge in [0.05, 0.1) is 0 Å². The van der Waals surface area contributed by atoms with Crippen LogP contribution >= 0.6 is 38.2 Å². The van der Waals surface area contributed by atoms with E-state index < -0.39 is 9.05 Å². The maximum Gasteiger partial charge on any atom is 0.264 e. The molecule has 3 nitrogen and oxygen atoms in total. The third-order valence-corrected chi connectivity index (χ3v) is 3.87. The zero-order valence-electron chi connectivity index (χ0n) is 6.38. The molecule has 0 saturated heterocycles. The van der Waals surface area contributed by atoms with Crippen LogP contribution in [0.5, 0.6) is 0 Å². The molecule has 0 aliphatic carbocycles. The van der Waals surface area contributed by atoms with Gasteiger partial charge in [0.25, 0.3) is 9.05 Å². The monoisotopic (exact) mass is 303 g/mol. The predicted octanol–water partition coefficient (Wildman–Crippen LogP) is 2.73. The van der Waals surface area contributed by atoms with Gasteiger partial charge in [-0.05, 0) is 34.5 Å². The van der Waals surface area contributed by atoms with Gasteiger partial charge in [-0.2, -0.15) is 0 Å². The molecule has 0 aromatic carbocycles. The lowest BCUT2D eigenvalue weighted by atomic mass is 10.3. The van der Waals surface area contributed by atoms with Crippen LogP contribution in [-0.4, -0.2) is 13.4 Å². The highest BCUT2D eigenvalue weighted by Crippen LogP contribution is 2.27. The quantitative estimate of drug-likeness (QED) is 0.592. The summed E-state index contributed by atoms with van der Waals surface area (Å²) < 4.78 is 22.4. The Morgan fingerprint density at radius 1 is 1.54 bits per heavy atom. The molecule has 0 bridgehead atoms. The van der Waals surface area contributed by atoms with E-state index >= 15 is 0 Å². The van der Waals surface area contributed by atoms with Crippen molar-refractivity contribution in [3.05, 3.63) is 21.4 Å². The fourth-order valence-electron chi connectivity index (χ4n) is 0.716. The van der Waals surface area contributed by atoms with Crippen LogP contribution in [0.15, 0.2) is 15.6 Å². The van der Waals surface area contributed by atoms with E-state index in [1.807, 2.05) is 0 Å². The normalized spacial score (nSPS) is 11.7. The van der Waals surface area contributed by atoms with Crippen molar-refractivity contribution in [3.63, 3.8) is 0 Å². The first kappa shape index (κ1) is 11.2. The van der Waals surface area contributed by atoms with Crippen LogP contribution in [0.25, 0.3) is 0 Å². The Labute approximate surface area is 93.6 Å².